The maximum atomic E-state index is 13.8. The Labute approximate surface area is 98.9 Å². The molecule has 4 heteroatoms. The Kier molecular flexibility index (Phi) is 2.79. The van der Waals surface area contributed by atoms with E-state index in [1.54, 1.807) is 31.5 Å². The first-order valence-electron chi connectivity index (χ1n) is 5.28. The van der Waals surface area contributed by atoms with Gasteiger partial charge in [0.2, 0.25) is 5.78 Å². The van der Waals surface area contributed by atoms with E-state index in [-0.39, 0.29) is 11.3 Å². The van der Waals surface area contributed by atoms with Crippen molar-refractivity contribution in [1.82, 2.24) is 9.55 Å². The zero-order chi connectivity index (χ0) is 12.6. The Balaban J connectivity index is 2.56. The molecule has 0 saturated heterocycles. The Morgan fingerprint density at radius 1 is 1.35 bits per heavy atom. The van der Waals surface area contributed by atoms with Crippen molar-refractivity contribution in [2.75, 3.05) is 0 Å². The molecule has 0 bridgehead atoms. The van der Waals surface area contributed by atoms with Gasteiger partial charge >= 0.3 is 0 Å². The third-order valence-corrected chi connectivity index (χ3v) is 2.71. The van der Waals surface area contributed by atoms with Crippen molar-refractivity contribution in [3.8, 4) is 0 Å². The van der Waals surface area contributed by atoms with Crippen molar-refractivity contribution in [2.45, 2.75) is 13.8 Å². The van der Waals surface area contributed by atoms with E-state index in [4.69, 9.17) is 0 Å². The highest BCUT2D eigenvalue weighted by Crippen LogP contribution is 2.19. The Bertz CT molecular complexity index is 564. The van der Waals surface area contributed by atoms with Gasteiger partial charge < -0.3 is 4.57 Å². The first-order valence-corrected chi connectivity index (χ1v) is 5.28. The van der Waals surface area contributed by atoms with E-state index in [2.05, 4.69) is 4.98 Å². The summed E-state index contributed by atoms with van der Waals surface area (Å²) in [6, 6.07) is 3.17. The topological polar surface area (TPSA) is 34.9 Å². The standard InChI is InChI=1S/C13H13FN2O/c1-8-4-9(2)12(10(14)5-8)13(17)11-6-15-7-16(11)3/h4-7H,1-3H3. The van der Waals surface area contributed by atoms with Gasteiger partial charge in [-0.2, -0.15) is 0 Å². The van der Waals surface area contributed by atoms with E-state index in [1.807, 2.05) is 0 Å². The van der Waals surface area contributed by atoms with E-state index in [0.717, 1.165) is 5.56 Å². The molecule has 0 fully saturated rings. The summed E-state index contributed by atoms with van der Waals surface area (Å²) < 4.78 is 15.4. The number of halogens is 1. The zero-order valence-electron chi connectivity index (χ0n) is 9.99. The Hall–Kier alpha value is -1.97. The molecule has 17 heavy (non-hydrogen) atoms. The van der Waals surface area contributed by atoms with Crippen LogP contribution in [0.3, 0.4) is 0 Å². The van der Waals surface area contributed by atoms with Crippen molar-refractivity contribution in [1.29, 1.82) is 0 Å². The number of hydrogen-bond donors (Lipinski definition) is 0. The highest BCUT2D eigenvalue weighted by Gasteiger charge is 2.19. The van der Waals surface area contributed by atoms with E-state index >= 15 is 0 Å². The molecule has 0 saturated carbocycles. The number of ketones is 1. The summed E-state index contributed by atoms with van der Waals surface area (Å²) in [6.07, 6.45) is 2.97. The van der Waals surface area contributed by atoms with Crippen LogP contribution in [0.4, 0.5) is 4.39 Å². The predicted molar refractivity (Wildman–Crippen MR) is 62.5 cm³/mol. The smallest absolute Gasteiger partial charge is 0.214 e. The second-order valence-corrected chi connectivity index (χ2v) is 4.16. The van der Waals surface area contributed by atoms with Crippen LogP contribution < -0.4 is 0 Å². The Morgan fingerprint density at radius 3 is 2.59 bits per heavy atom. The lowest BCUT2D eigenvalue weighted by Gasteiger charge is -2.08. The molecule has 0 aliphatic heterocycles. The molecular formula is C13H13FN2O. The summed E-state index contributed by atoms with van der Waals surface area (Å²) >= 11 is 0. The van der Waals surface area contributed by atoms with Crippen LogP contribution in [0, 0.1) is 19.7 Å². The van der Waals surface area contributed by atoms with Crippen LogP contribution in [-0.2, 0) is 7.05 Å². The molecule has 0 radical (unpaired) electrons. The highest BCUT2D eigenvalue weighted by molar-refractivity contribution is 6.08. The van der Waals surface area contributed by atoms with Gasteiger partial charge in [0.1, 0.15) is 11.5 Å². The minimum Gasteiger partial charge on any atom is -0.331 e. The summed E-state index contributed by atoms with van der Waals surface area (Å²) in [6.45, 7) is 3.54. The van der Waals surface area contributed by atoms with Gasteiger partial charge in [-0.05, 0) is 31.0 Å². The number of rotatable bonds is 2. The fourth-order valence-corrected chi connectivity index (χ4v) is 1.91. The average molecular weight is 232 g/mol. The van der Waals surface area contributed by atoms with Crippen molar-refractivity contribution < 1.29 is 9.18 Å². The molecule has 0 N–H and O–H groups in total. The van der Waals surface area contributed by atoms with Crippen LogP contribution in [0.2, 0.25) is 0 Å². The minimum atomic E-state index is -0.478. The SMILES string of the molecule is Cc1cc(C)c(C(=O)c2cncn2C)c(F)c1. The zero-order valence-corrected chi connectivity index (χ0v) is 9.99. The third kappa shape index (κ3) is 1.98. The molecule has 88 valence electrons. The van der Waals surface area contributed by atoms with E-state index in [1.165, 1.54) is 18.6 Å². The summed E-state index contributed by atoms with van der Waals surface area (Å²) in [5.74, 6) is -0.811. The largest absolute Gasteiger partial charge is 0.331 e. The number of nitrogens with zero attached hydrogens (tertiary/aromatic N) is 2. The minimum absolute atomic E-state index is 0.124. The van der Waals surface area contributed by atoms with Crippen molar-refractivity contribution in [2.24, 2.45) is 7.05 Å². The molecule has 1 heterocycles. The van der Waals surface area contributed by atoms with Crippen molar-refractivity contribution >= 4 is 5.78 Å². The average Bonchev–Trinajstić information content (AvgIpc) is 2.62. The summed E-state index contributed by atoms with van der Waals surface area (Å²) in [7, 11) is 1.71. The molecule has 0 amide bonds. The number of aryl methyl sites for hydroxylation is 3. The lowest BCUT2D eigenvalue weighted by Crippen LogP contribution is -2.11. The van der Waals surface area contributed by atoms with Gasteiger partial charge in [-0.15, -0.1) is 0 Å². The maximum Gasteiger partial charge on any atom is 0.214 e. The van der Waals surface area contributed by atoms with Crippen LogP contribution in [-0.4, -0.2) is 15.3 Å². The second kappa shape index (κ2) is 4.13. The van der Waals surface area contributed by atoms with Gasteiger partial charge in [-0.1, -0.05) is 6.07 Å². The molecule has 2 rings (SSSR count). The lowest BCUT2D eigenvalue weighted by molar-refractivity contribution is 0.102. The molecule has 2 aromatic rings. The maximum absolute atomic E-state index is 13.8. The van der Waals surface area contributed by atoms with Gasteiger partial charge in [0.15, 0.2) is 0 Å². The quantitative estimate of drug-likeness (QED) is 0.745. The van der Waals surface area contributed by atoms with Crippen molar-refractivity contribution in [3.63, 3.8) is 0 Å². The van der Waals surface area contributed by atoms with Crippen molar-refractivity contribution in [3.05, 3.63) is 52.9 Å². The summed E-state index contributed by atoms with van der Waals surface area (Å²) in [4.78, 5) is 16.0. The van der Waals surface area contributed by atoms with Gasteiger partial charge in [0.25, 0.3) is 0 Å². The van der Waals surface area contributed by atoms with Gasteiger partial charge in [0.05, 0.1) is 18.1 Å². The number of benzene rings is 1. The molecule has 1 aromatic carbocycles. The van der Waals surface area contributed by atoms with Gasteiger partial charge in [-0.25, -0.2) is 9.37 Å². The number of imidazole rings is 1. The molecule has 0 aliphatic rings. The number of hydrogen-bond acceptors (Lipinski definition) is 2. The molecule has 3 nitrogen and oxygen atoms in total. The van der Waals surface area contributed by atoms with Gasteiger partial charge in [0, 0.05) is 7.05 Å². The monoisotopic (exact) mass is 232 g/mol. The second-order valence-electron chi connectivity index (χ2n) is 4.16. The number of carbonyl (C=O) groups is 1. The van der Waals surface area contributed by atoms with E-state index in [0.29, 0.717) is 11.3 Å². The van der Waals surface area contributed by atoms with Crippen LogP contribution in [0.15, 0.2) is 24.7 Å². The lowest BCUT2D eigenvalue weighted by atomic mass is 10.00. The fourth-order valence-electron chi connectivity index (χ4n) is 1.91. The summed E-state index contributed by atoms with van der Waals surface area (Å²) in [5.41, 5.74) is 1.96. The fraction of sp³-hybridized carbons (Fsp3) is 0.231. The number of carbonyl (C=O) groups excluding carboxylic acids is 1. The first kappa shape index (κ1) is 11.5. The highest BCUT2D eigenvalue weighted by atomic mass is 19.1. The summed E-state index contributed by atoms with van der Waals surface area (Å²) in [5, 5.41) is 0. The van der Waals surface area contributed by atoms with Crippen LogP contribution in [0.25, 0.3) is 0 Å². The molecule has 0 spiro atoms. The Morgan fingerprint density at radius 2 is 2.06 bits per heavy atom. The molecule has 1 aromatic heterocycles. The molecule has 0 atom stereocenters. The molecular weight excluding hydrogens is 219 g/mol. The van der Waals surface area contributed by atoms with Crippen LogP contribution in [0.1, 0.15) is 27.2 Å². The number of aromatic nitrogens is 2. The first-order chi connectivity index (χ1) is 8.00. The van der Waals surface area contributed by atoms with Crippen LogP contribution in [0.5, 0.6) is 0 Å². The molecule has 0 unspecified atom stereocenters. The molecule has 0 aliphatic carbocycles. The normalized spacial score (nSPS) is 10.6. The third-order valence-electron chi connectivity index (χ3n) is 2.71. The van der Waals surface area contributed by atoms with E-state index in [9.17, 15) is 9.18 Å². The predicted octanol–water partition coefficient (Wildman–Crippen LogP) is 2.41. The van der Waals surface area contributed by atoms with Crippen LogP contribution >= 0.6 is 0 Å². The van der Waals surface area contributed by atoms with E-state index < -0.39 is 5.82 Å². The van der Waals surface area contributed by atoms with Gasteiger partial charge in [-0.3, -0.25) is 4.79 Å².